The minimum Gasteiger partial charge on any atom is -0.493 e. The molecule has 0 saturated carbocycles. The zero-order chi connectivity index (χ0) is 14.5. The largest absolute Gasteiger partial charge is 0.493 e. The number of nitrogens with zero attached hydrogens (tertiary/aromatic N) is 2. The fraction of sp³-hybridized carbons (Fsp3) is 0.462. The Hall–Kier alpha value is -2.15. The fourth-order valence-electron chi connectivity index (χ4n) is 2.18. The Morgan fingerprint density at radius 1 is 1.35 bits per heavy atom. The first kappa shape index (κ1) is 14.3. The van der Waals surface area contributed by atoms with Gasteiger partial charge in [0.2, 0.25) is 6.23 Å². The number of ether oxygens (including phenoxy) is 2. The summed E-state index contributed by atoms with van der Waals surface area (Å²) >= 11 is 0. The minimum atomic E-state index is -0.687. The van der Waals surface area contributed by atoms with E-state index in [1.165, 1.54) is 25.3 Å². The van der Waals surface area contributed by atoms with Gasteiger partial charge in [-0.3, -0.25) is 19.8 Å². The fourth-order valence-corrected chi connectivity index (χ4v) is 2.18. The first-order chi connectivity index (χ1) is 9.65. The normalized spacial score (nSPS) is 16.6. The molecule has 0 N–H and O–H groups in total. The van der Waals surface area contributed by atoms with E-state index in [4.69, 9.17) is 9.47 Å². The summed E-state index contributed by atoms with van der Waals surface area (Å²) in [4.78, 5) is 23.3. The molecule has 108 valence electrons. The smallest absolute Gasteiger partial charge is 0.273 e. The predicted octanol–water partition coefficient (Wildman–Crippen LogP) is 1.60. The zero-order valence-electron chi connectivity index (χ0n) is 11.2. The highest BCUT2D eigenvalue weighted by Gasteiger charge is 2.24. The van der Waals surface area contributed by atoms with Crippen LogP contribution in [-0.2, 0) is 4.79 Å². The van der Waals surface area contributed by atoms with Gasteiger partial charge in [0.25, 0.3) is 5.69 Å². The summed E-state index contributed by atoms with van der Waals surface area (Å²) in [5, 5.41) is 10.7. The molecular formula is C13H16N2O5. The molecule has 0 aromatic heterocycles. The lowest BCUT2D eigenvalue weighted by Crippen LogP contribution is -2.38. The molecule has 1 aromatic rings. The Morgan fingerprint density at radius 3 is 2.60 bits per heavy atom. The number of likely N-dealkylation sites (tertiary alicyclic amines) is 1. The topological polar surface area (TPSA) is 81.9 Å². The van der Waals surface area contributed by atoms with Gasteiger partial charge < -0.3 is 9.47 Å². The van der Waals surface area contributed by atoms with Crippen LogP contribution >= 0.6 is 0 Å². The first-order valence-corrected chi connectivity index (χ1v) is 6.34. The molecule has 0 radical (unpaired) electrons. The van der Waals surface area contributed by atoms with E-state index in [9.17, 15) is 14.9 Å². The van der Waals surface area contributed by atoms with Crippen molar-refractivity contribution in [1.82, 2.24) is 4.90 Å². The third-order valence-electron chi connectivity index (χ3n) is 3.22. The van der Waals surface area contributed by atoms with E-state index in [-0.39, 0.29) is 11.4 Å². The standard InChI is InChI=1S/C13H16N2O5/c1-19-12-8-10(15(17)18)4-5-11(12)20-13(9-16)14-6-2-3-7-14/h4-5,8-9,13H,2-3,6-7H2,1H3. The van der Waals surface area contributed by atoms with Crippen LogP contribution in [0.4, 0.5) is 5.69 Å². The number of rotatable bonds is 6. The number of carbonyl (C=O) groups excluding carboxylic acids is 1. The van der Waals surface area contributed by atoms with Crippen LogP contribution in [0.15, 0.2) is 18.2 Å². The number of benzene rings is 1. The predicted molar refractivity (Wildman–Crippen MR) is 70.9 cm³/mol. The third-order valence-corrected chi connectivity index (χ3v) is 3.22. The van der Waals surface area contributed by atoms with Crippen molar-refractivity contribution in [3.63, 3.8) is 0 Å². The van der Waals surface area contributed by atoms with Crippen LogP contribution in [0.1, 0.15) is 12.8 Å². The third kappa shape index (κ3) is 3.05. The van der Waals surface area contributed by atoms with Crippen molar-refractivity contribution in [2.24, 2.45) is 0 Å². The molecule has 1 heterocycles. The monoisotopic (exact) mass is 280 g/mol. The van der Waals surface area contributed by atoms with E-state index in [0.29, 0.717) is 5.75 Å². The quantitative estimate of drug-likeness (QED) is 0.447. The lowest BCUT2D eigenvalue weighted by atomic mass is 10.3. The molecule has 1 fully saturated rings. The van der Waals surface area contributed by atoms with Gasteiger partial charge in [0.05, 0.1) is 18.1 Å². The van der Waals surface area contributed by atoms with Gasteiger partial charge in [-0.05, 0) is 18.9 Å². The average molecular weight is 280 g/mol. The van der Waals surface area contributed by atoms with Crippen LogP contribution in [0, 0.1) is 10.1 Å². The molecule has 20 heavy (non-hydrogen) atoms. The number of methoxy groups -OCH3 is 1. The van der Waals surface area contributed by atoms with Crippen molar-refractivity contribution in [2.75, 3.05) is 20.2 Å². The summed E-state index contributed by atoms with van der Waals surface area (Å²) in [5.74, 6) is 0.562. The molecule has 7 heteroatoms. The van der Waals surface area contributed by atoms with Crippen LogP contribution in [-0.4, -0.2) is 42.5 Å². The molecule has 1 aliphatic heterocycles. The summed E-state index contributed by atoms with van der Waals surface area (Å²) in [6, 6.07) is 4.05. The van der Waals surface area contributed by atoms with Crippen molar-refractivity contribution in [3.05, 3.63) is 28.3 Å². The number of carbonyl (C=O) groups is 1. The number of nitro benzene ring substituents is 1. The van der Waals surface area contributed by atoms with E-state index < -0.39 is 11.2 Å². The highest BCUT2D eigenvalue weighted by atomic mass is 16.6. The molecule has 2 rings (SSSR count). The van der Waals surface area contributed by atoms with Crippen molar-refractivity contribution < 1.29 is 19.2 Å². The molecular weight excluding hydrogens is 264 g/mol. The summed E-state index contributed by atoms with van der Waals surface area (Å²) < 4.78 is 10.7. The average Bonchev–Trinajstić information content (AvgIpc) is 2.98. The Morgan fingerprint density at radius 2 is 2.05 bits per heavy atom. The Kier molecular flexibility index (Phi) is 4.52. The highest BCUT2D eigenvalue weighted by molar-refractivity contribution is 5.57. The molecule has 7 nitrogen and oxygen atoms in total. The molecule has 1 unspecified atom stereocenters. The molecule has 0 aliphatic carbocycles. The van der Waals surface area contributed by atoms with Gasteiger partial charge in [-0.1, -0.05) is 0 Å². The van der Waals surface area contributed by atoms with E-state index >= 15 is 0 Å². The van der Waals surface area contributed by atoms with Gasteiger partial charge in [0.15, 0.2) is 17.8 Å². The van der Waals surface area contributed by atoms with E-state index in [0.717, 1.165) is 32.2 Å². The lowest BCUT2D eigenvalue weighted by molar-refractivity contribution is -0.385. The van der Waals surface area contributed by atoms with Gasteiger partial charge in [0, 0.05) is 19.2 Å². The Labute approximate surface area is 116 Å². The molecule has 0 amide bonds. The summed E-state index contributed by atoms with van der Waals surface area (Å²) in [6.45, 7) is 1.61. The van der Waals surface area contributed by atoms with E-state index in [1.54, 1.807) is 0 Å². The van der Waals surface area contributed by atoms with Crippen LogP contribution in [0.25, 0.3) is 0 Å². The van der Waals surface area contributed by atoms with Crippen LogP contribution in [0.3, 0.4) is 0 Å². The maximum absolute atomic E-state index is 11.2. The molecule has 0 bridgehead atoms. The highest BCUT2D eigenvalue weighted by Crippen LogP contribution is 2.32. The van der Waals surface area contributed by atoms with Crippen LogP contribution < -0.4 is 9.47 Å². The summed E-state index contributed by atoms with van der Waals surface area (Å²) in [6.07, 6.45) is 2.11. The lowest BCUT2D eigenvalue weighted by Gasteiger charge is -2.23. The second-order valence-electron chi connectivity index (χ2n) is 4.48. The van der Waals surface area contributed by atoms with Crippen LogP contribution in [0.5, 0.6) is 11.5 Å². The second kappa shape index (κ2) is 6.33. The van der Waals surface area contributed by atoms with Crippen molar-refractivity contribution in [3.8, 4) is 11.5 Å². The molecule has 1 atom stereocenters. The number of hydrogen-bond donors (Lipinski definition) is 0. The molecule has 0 spiro atoms. The van der Waals surface area contributed by atoms with Gasteiger partial charge >= 0.3 is 0 Å². The van der Waals surface area contributed by atoms with Gasteiger partial charge in [-0.2, -0.15) is 0 Å². The number of nitro groups is 1. The number of non-ortho nitro benzene ring substituents is 1. The zero-order valence-corrected chi connectivity index (χ0v) is 11.2. The van der Waals surface area contributed by atoms with Crippen molar-refractivity contribution >= 4 is 12.0 Å². The Balaban J connectivity index is 2.18. The van der Waals surface area contributed by atoms with Crippen LogP contribution in [0.2, 0.25) is 0 Å². The molecule has 1 aliphatic rings. The summed E-state index contributed by atoms with van der Waals surface area (Å²) in [5.41, 5.74) is -0.0852. The molecule has 1 aromatic carbocycles. The Bertz CT molecular complexity index is 500. The summed E-state index contributed by atoms with van der Waals surface area (Å²) in [7, 11) is 1.40. The van der Waals surface area contributed by atoms with E-state index in [2.05, 4.69) is 0 Å². The van der Waals surface area contributed by atoms with Crippen molar-refractivity contribution in [2.45, 2.75) is 19.1 Å². The minimum absolute atomic E-state index is 0.0852. The SMILES string of the molecule is COc1cc([N+](=O)[O-])ccc1OC(C=O)N1CCCC1. The number of hydrogen-bond acceptors (Lipinski definition) is 6. The maximum atomic E-state index is 11.2. The second-order valence-corrected chi connectivity index (χ2v) is 4.48. The number of aldehydes is 1. The first-order valence-electron chi connectivity index (χ1n) is 6.34. The van der Waals surface area contributed by atoms with Crippen molar-refractivity contribution in [1.29, 1.82) is 0 Å². The van der Waals surface area contributed by atoms with Gasteiger partial charge in [-0.15, -0.1) is 0 Å². The van der Waals surface area contributed by atoms with E-state index in [1.807, 2.05) is 4.90 Å². The van der Waals surface area contributed by atoms with Gasteiger partial charge in [0.1, 0.15) is 0 Å². The van der Waals surface area contributed by atoms with Gasteiger partial charge in [-0.25, -0.2) is 0 Å². The molecule has 1 saturated heterocycles. The maximum Gasteiger partial charge on any atom is 0.273 e.